The van der Waals surface area contributed by atoms with Crippen LogP contribution in [0.3, 0.4) is 0 Å². The molecule has 0 saturated heterocycles. The zero-order valence-corrected chi connectivity index (χ0v) is 13.5. The Morgan fingerprint density at radius 1 is 1.12 bits per heavy atom. The van der Waals surface area contributed by atoms with Crippen LogP contribution in [0.15, 0.2) is 24.3 Å². The van der Waals surface area contributed by atoms with Gasteiger partial charge in [0, 0.05) is 5.69 Å². The van der Waals surface area contributed by atoms with Crippen molar-refractivity contribution in [3.63, 3.8) is 0 Å². The Hall–Kier alpha value is -2.45. The fourth-order valence-electron chi connectivity index (χ4n) is 1.89. The number of alkyl carbamates (subject to hydrolysis) is 1. The van der Waals surface area contributed by atoms with Gasteiger partial charge in [0.15, 0.2) is 0 Å². The van der Waals surface area contributed by atoms with E-state index in [0.717, 1.165) is 0 Å². The molecule has 1 unspecified atom stereocenters. The van der Waals surface area contributed by atoms with Gasteiger partial charge in [0.05, 0.1) is 13.2 Å². The lowest BCUT2D eigenvalue weighted by atomic mass is 10.1. The maximum atomic E-state index is 13.7. The Balaban J connectivity index is 3.33. The van der Waals surface area contributed by atoms with Crippen LogP contribution >= 0.6 is 0 Å². The van der Waals surface area contributed by atoms with E-state index in [9.17, 15) is 22.8 Å². The number of alkyl halides is 3. The number of amides is 1. The van der Waals surface area contributed by atoms with Crippen molar-refractivity contribution < 1.29 is 32.2 Å². The molecule has 1 amide bonds. The smallest absolute Gasteiger partial charge is 0.442 e. The standard InChI is InChI=1S/C15H19F3N2O4/c1-4-23-12(21)14(15(16,17)18,20-13(22)24-5-2)19-11-8-6-7-10(3)9-11/h6-9,19H,4-5H2,1-3H3,(H,20,22). The minimum absolute atomic E-state index is 0.0165. The van der Waals surface area contributed by atoms with Gasteiger partial charge in [-0.1, -0.05) is 12.1 Å². The zero-order valence-electron chi connectivity index (χ0n) is 13.5. The highest BCUT2D eigenvalue weighted by atomic mass is 19.4. The summed E-state index contributed by atoms with van der Waals surface area (Å²) in [7, 11) is 0. The highest BCUT2D eigenvalue weighted by Crippen LogP contribution is 2.33. The number of aryl methyl sites for hydroxylation is 1. The summed E-state index contributed by atoms with van der Waals surface area (Å²) >= 11 is 0. The van der Waals surface area contributed by atoms with Crippen molar-refractivity contribution in [1.82, 2.24) is 5.32 Å². The van der Waals surface area contributed by atoms with E-state index < -0.39 is 23.9 Å². The first-order chi connectivity index (χ1) is 11.2. The minimum atomic E-state index is -5.18. The van der Waals surface area contributed by atoms with Crippen molar-refractivity contribution in [3.05, 3.63) is 29.8 Å². The van der Waals surface area contributed by atoms with Crippen LogP contribution in [0.4, 0.5) is 23.7 Å². The molecule has 1 atom stereocenters. The molecule has 1 rings (SSSR count). The molecule has 0 aliphatic rings. The average molecular weight is 348 g/mol. The lowest BCUT2D eigenvalue weighted by molar-refractivity contribution is -0.205. The van der Waals surface area contributed by atoms with Gasteiger partial charge in [-0.15, -0.1) is 0 Å². The number of carbonyl (C=O) groups is 2. The van der Waals surface area contributed by atoms with Crippen LogP contribution in [0, 0.1) is 6.92 Å². The molecule has 1 aromatic rings. The lowest BCUT2D eigenvalue weighted by Gasteiger charge is -2.34. The molecular weight excluding hydrogens is 329 g/mol. The second kappa shape index (κ2) is 7.89. The molecule has 0 spiro atoms. The summed E-state index contributed by atoms with van der Waals surface area (Å²) < 4.78 is 50.1. The number of hydrogen-bond donors (Lipinski definition) is 2. The van der Waals surface area contributed by atoms with Gasteiger partial charge < -0.3 is 14.8 Å². The van der Waals surface area contributed by atoms with Gasteiger partial charge in [0.25, 0.3) is 0 Å². The number of rotatable bonds is 6. The summed E-state index contributed by atoms with van der Waals surface area (Å²) in [6.07, 6.45) is -6.58. The molecule has 0 radical (unpaired) electrons. The predicted octanol–water partition coefficient (Wildman–Crippen LogP) is 2.97. The second-order valence-electron chi connectivity index (χ2n) is 4.81. The summed E-state index contributed by atoms with van der Waals surface area (Å²) in [6, 6.07) is 5.91. The summed E-state index contributed by atoms with van der Waals surface area (Å²) in [5, 5.41) is 3.59. The van der Waals surface area contributed by atoms with Gasteiger partial charge in [-0.25, -0.2) is 9.59 Å². The molecule has 2 N–H and O–H groups in total. The fourth-order valence-corrected chi connectivity index (χ4v) is 1.89. The molecule has 9 heteroatoms. The van der Waals surface area contributed by atoms with E-state index in [-0.39, 0.29) is 18.9 Å². The third-order valence-corrected chi connectivity index (χ3v) is 2.92. The highest BCUT2D eigenvalue weighted by molar-refractivity contribution is 5.89. The van der Waals surface area contributed by atoms with Crippen molar-refractivity contribution in [2.45, 2.75) is 32.6 Å². The number of halogens is 3. The summed E-state index contributed by atoms with van der Waals surface area (Å²) in [4.78, 5) is 23.7. The maximum Gasteiger partial charge on any atom is 0.442 e. The van der Waals surface area contributed by atoms with E-state index >= 15 is 0 Å². The van der Waals surface area contributed by atoms with Crippen LogP contribution in [0.25, 0.3) is 0 Å². The van der Waals surface area contributed by atoms with E-state index in [1.54, 1.807) is 18.3 Å². The number of benzene rings is 1. The molecule has 24 heavy (non-hydrogen) atoms. The summed E-state index contributed by atoms with van der Waals surface area (Å²) in [5.41, 5.74) is -2.82. The van der Waals surface area contributed by atoms with Crippen LogP contribution < -0.4 is 10.6 Å². The number of carbonyl (C=O) groups excluding carboxylic acids is 2. The van der Waals surface area contributed by atoms with Gasteiger partial charge in [0.1, 0.15) is 0 Å². The van der Waals surface area contributed by atoms with E-state index in [0.29, 0.717) is 5.56 Å². The predicted molar refractivity (Wildman–Crippen MR) is 80.4 cm³/mol. The second-order valence-corrected chi connectivity index (χ2v) is 4.81. The number of ether oxygens (including phenoxy) is 2. The fraction of sp³-hybridized carbons (Fsp3) is 0.467. The SMILES string of the molecule is CCOC(=O)NC(Nc1cccc(C)c1)(C(=O)OCC)C(F)(F)F. The molecule has 1 aromatic carbocycles. The minimum Gasteiger partial charge on any atom is -0.463 e. The molecule has 0 aliphatic heterocycles. The Morgan fingerprint density at radius 2 is 1.75 bits per heavy atom. The molecule has 6 nitrogen and oxygen atoms in total. The number of hydrogen-bond acceptors (Lipinski definition) is 5. The van der Waals surface area contributed by atoms with Crippen LogP contribution in [0.2, 0.25) is 0 Å². The average Bonchev–Trinajstić information content (AvgIpc) is 2.45. The van der Waals surface area contributed by atoms with Gasteiger partial charge in [-0.2, -0.15) is 13.2 Å². The quantitative estimate of drug-likeness (QED) is 0.611. The normalized spacial score (nSPS) is 13.6. The molecule has 0 aromatic heterocycles. The van der Waals surface area contributed by atoms with Gasteiger partial charge in [-0.3, -0.25) is 5.32 Å². The summed E-state index contributed by atoms with van der Waals surface area (Å²) in [6.45, 7) is 4.00. The number of esters is 1. The maximum absolute atomic E-state index is 13.7. The third-order valence-electron chi connectivity index (χ3n) is 2.92. The van der Waals surface area contributed by atoms with E-state index in [4.69, 9.17) is 0 Å². The number of nitrogens with one attached hydrogen (secondary N) is 2. The van der Waals surface area contributed by atoms with Crippen molar-refractivity contribution in [3.8, 4) is 0 Å². The molecule has 0 heterocycles. The Morgan fingerprint density at radius 3 is 2.25 bits per heavy atom. The van der Waals surface area contributed by atoms with Crippen LogP contribution in [0.5, 0.6) is 0 Å². The monoisotopic (exact) mass is 348 g/mol. The topological polar surface area (TPSA) is 76.7 Å². The van der Waals surface area contributed by atoms with Crippen molar-refractivity contribution in [1.29, 1.82) is 0 Å². The van der Waals surface area contributed by atoms with Gasteiger partial charge in [-0.05, 0) is 38.5 Å². The van der Waals surface area contributed by atoms with Crippen LogP contribution in [-0.2, 0) is 14.3 Å². The van der Waals surface area contributed by atoms with E-state index in [1.807, 2.05) is 5.32 Å². The largest absolute Gasteiger partial charge is 0.463 e. The molecule has 0 bridgehead atoms. The Bertz CT molecular complexity index is 592. The first-order valence-corrected chi connectivity index (χ1v) is 7.20. The Labute approximate surface area is 137 Å². The van der Waals surface area contributed by atoms with Crippen molar-refractivity contribution in [2.75, 3.05) is 18.5 Å². The molecule has 0 saturated carbocycles. The van der Waals surface area contributed by atoms with Crippen LogP contribution in [0.1, 0.15) is 19.4 Å². The molecule has 0 aliphatic carbocycles. The Kier molecular flexibility index (Phi) is 6.44. The summed E-state index contributed by atoms with van der Waals surface area (Å²) in [5.74, 6) is -1.69. The van der Waals surface area contributed by atoms with Gasteiger partial charge in [0.2, 0.25) is 0 Å². The van der Waals surface area contributed by atoms with Crippen molar-refractivity contribution in [2.24, 2.45) is 0 Å². The highest BCUT2D eigenvalue weighted by Gasteiger charge is 2.64. The molecule has 0 fully saturated rings. The van der Waals surface area contributed by atoms with E-state index in [2.05, 4.69) is 9.47 Å². The first kappa shape index (κ1) is 19.6. The molecular formula is C15H19F3N2O4. The zero-order chi connectivity index (χ0) is 18.4. The number of anilines is 1. The lowest BCUT2D eigenvalue weighted by Crippen LogP contribution is -2.69. The first-order valence-electron chi connectivity index (χ1n) is 7.20. The molecule has 134 valence electrons. The van der Waals surface area contributed by atoms with Crippen LogP contribution in [-0.4, -0.2) is 37.1 Å². The van der Waals surface area contributed by atoms with E-state index in [1.165, 1.54) is 32.0 Å². The van der Waals surface area contributed by atoms with Gasteiger partial charge >= 0.3 is 23.9 Å². The third kappa shape index (κ3) is 4.53. The van der Waals surface area contributed by atoms with Crippen molar-refractivity contribution >= 4 is 17.7 Å².